The summed E-state index contributed by atoms with van der Waals surface area (Å²) in [5.41, 5.74) is 1.16. The van der Waals surface area contributed by atoms with Crippen LogP contribution in [0.5, 0.6) is 0 Å². The number of alkyl halides is 13. The molecule has 0 aliphatic rings. The lowest BCUT2D eigenvalue weighted by Crippen LogP contribution is -2.70. The van der Waals surface area contributed by atoms with Gasteiger partial charge in [0.25, 0.3) is 0 Å². The number of benzene rings is 1. The molecule has 178 valence electrons. The maximum Gasteiger partial charge on any atom is 0.460 e. The Morgan fingerprint density at radius 1 is 0.677 bits per heavy atom. The fourth-order valence-corrected chi connectivity index (χ4v) is 3.07. The molecule has 0 aromatic heterocycles. The van der Waals surface area contributed by atoms with Gasteiger partial charge in [0.15, 0.2) is 0 Å². The highest BCUT2D eigenvalue weighted by molar-refractivity contribution is 7.98. The van der Waals surface area contributed by atoms with Crippen LogP contribution in [-0.2, 0) is 5.75 Å². The molecule has 0 bridgehead atoms. The minimum absolute atomic E-state index is 0.0994. The number of hydrogen-bond donors (Lipinski definition) is 0. The Morgan fingerprint density at radius 2 is 1.13 bits per heavy atom. The van der Waals surface area contributed by atoms with E-state index in [0.717, 1.165) is 0 Å². The number of hydrogen-bond acceptors (Lipinski definition) is 1. The van der Waals surface area contributed by atoms with Crippen molar-refractivity contribution in [3.05, 3.63) is 42.0 Å². The lowest BCUT2D eigenvalue weighted by Gasteiger charge is -2.39. The van der Waals surface area contributed by atoms with Crippen LogP contribution in [0.25, 0.3) is 6.08 Å². The first-order valence-corrected chi connectivity index (χ1v) is 9.16. The Kier molecular flexibility index (Phi) is 7.73. The summed E-state index contributed by atoms with van der Waals surface area (Å²) in [5.74, 6) is -37.7. The lowest BCUT2D eigenvalue weighted by molar-refractivity contribution is -0.439. The fraction of sp³-hybridized carbons (Fsp3) is 0.529. The summed E-state index contributed by atoms with van der Waals surface area (Å²) in [6.45, 7) is 3.47. The van der Waals surface area contributed by atoms with Gasteiger partial charge < -0.3 is 0 Å². The molecule has 0 nitrogen and oxygen atoms in total. The minimum Gasteiger partial charge on any atom is -0.200 e. The van der Waals surface area contributed by atoms with Gasteiger partial charge in [-0.25, -0.2) is 0 Å². The number of halogens is 13. The van der Waals surface area contributed by atoms with Crippen LogP contribution in [0.4, 0.5) is 57.1 Å². The monoisotopic (exact) mass is 496 g/mol. The molecule has 14 heteroatoms. The van der Waals surface area contributed by atoms with E-state index < -0.39 is 48.0 Å². The molecule has 1 aromatic carbocycles. The summed E-state index contributed by atoms with van der Waals surface area (Å²) < 4.78 is 169. The summed E-state index contributed by atoms with van der Waals surface area (Å²) in [7, 11) is 0. The van der Waals surface area contributed by atoms with Crippen LogP contribution in [0.1, 0.15) is 17.5 Å². The third kappa shape index (κ3) is 4.92. The fourth-order valence-electron chi connectivity index (χ4n) is 2.10. The molecular weight excluding hydrogens is 483 g/mol. The quantitative estimate of drug-likeness (QED) is 0.236. The molecule has 0 unspecified atom stereocenters. The molecule has 0 radical (unpaired) electrons. The second-order valence-electron chi connectivity index (χ2n) is 6.25. The highest BCUT2D eigenvalue weighted by Gasteiger charge is 2.90. The van der Waals surface area contributed by atoms with E-state index in [2.05, 4.69) is 6.58 Å². The Hall–Kier alpha value is -1.60. The number of thioether (sulfide) groups is 1. The Morgan fingerprint density at radius 3 is 1.55 bits per heavy atom. The average molecular weight is 496 g/mol. The van der Waals surface area contributed by atoms with Gasteiger partial charge in [0.1, 0.15) is 0 Å². The van der Waals surface area contributed by atoms with Gasteiger partial charge in [0, 0.05) is 12.2 Å². The van der Waals surface area contributed by atoms with Crippen molar-refractivity contribution in [3.63, 3.8) is 0 Å². The summed E-state index contributed by atoms with van der Waals surface area (Å²) in [4.78, 5) is 0. The molecule has 1 aromatic rings. The van der Waals surface area contributed by atoms with Gasteiger partial charge in [-0.15, -0.1) is 0 Å². The van der Waals surface area contributed by atoms with Crippen molar-refractivity contribution >= 4 is 17.8 Å². The Labute approximate surface area is 171 Å². The second kappa shape index (κ2) is 8.74. The normalized spacial score (nSPS) is 14.6. The summed E-state index contributed by atoms with van der Waals surface area (Å²) in [6.07, 6.45) is -8.13. The zero-order valence-electron chi connectivity index (χ0n) is 15.0. The molecule has 0 saturated carbocycles. The van der Waals surface area contributed by atoms with Crippen molar-refractivity contribution in [2.75, 3.05) is 5.75 Å². The average Bonchev–Trinajstić information content (AvgIpc) is 2.64. The SMILES string of the molecule is C=Cc1ccc(CSCCC(F)(F)C(F)(F)C(F)(F)C(F)(F)C(F)(F)C(F)(F)F)cc1. The van der Waals surface area contributed by atoms with Gasteiger partial charge >= 0.3 is 35.8 Å². The zero-order chi connectivity index (χ0) is 24.5. The number of rotatable bonds is 10. The molecule has 0 saturated heterocycles. The first-order valence-electron chi connectivity index (χ1n) is 8.01. The molecule has 31 heavy (non-hydrogen) atoms. The van der Waals surface area contributed by atoms with E-state index >= 15 is 0 Å². The van der Waals surface area contributed by atoms with Crippen molar-refractivity contribution in [2.45, 2.75) is 48.0 Å². The molecule has 0 atom stereocenters. The first-order chi connectivity index (χ1) is 13.8. The van der Waals surface area contributed by atoms with Crippen LogP contribution >= 0.6 is 11.8 Å². The van der Waals surface area contributed by atoms with Crippen LogP contribution < -0.4 is 0 Å². The standard InChI is InChI=1S/C17H13F13S/c1-2-10-3-5-11(6-4-10)9-31-8-7-12(18,19)13(20,21)14(22,23)15(24,25)16(26,27)17(28,29)30/h2-6H,1,7-9H2. The van der Waals surface area contributed by atoms with E-state index in [0.29, 0.717) is 22.9 Å². The van der Waals surface area contributed by atoms with Gasteiger partial charge in [0.2, 0.25) is 0 Å². The van der Waals surface area contributed by atoms with E-state index in [1.165, 1.54) is 18.2 Å². The molecule has 0 spiro atoms. The maximum absolute atomic E-state index is 13.6. The largest absolute Gasteiger partial charge is 0.460 e. The van der Waals surface area contributed by atoms with Gasteiger partial charge in [-0.05, 0) is 16.9 Å². The van der Waals surface area contributed by atoms with E-state index in [-0.39, 0.29) is 5.75 Å². The Balaban J connectivity index is 2.96. The third-order valence-corrected chi connectivity index (χ3v) is 5.07. The van der Waals surface area contributed by atoms with Crippen molar-refractivity contribution in [3.8, 4) is 0 Å². The summed E-state index contributed by atoms with van der Waals surface area (Å²) in [6, 6.07) is 6.08. The third-order valence-electron chi connectivity index (χ3n) is 4.04. The molecule has 0 aliphatic heterocycles. The van der Waals surface area contributed by atoms with Crippen LogP contribution in [0, 0.1) is 0 Å². The predicted octanol–water partition coefficient (Wildman–Crippen LogP) is 7.69. The van der Waals surface area contributed by atoms with Gasteiger partial charge in [-0.1, -0.05) is 36.9 Å². The second-order valence-corrected chi connectivity index (χ2v) is 7.35. The van der Waals surface area contributed by atoms with E-state index in [4.69, 9.17) is 0 Å². The van der Waals surface area contributed by atoms with Crippen molar-refractivity contribution in [2.24, 2.45) is 0 Å². The molecule has 0 N–H and O–H groups in total. The highest BCUT2D eigenvalue weighted by atomic mass is 32.2. The lowest BCUT2D eigenvalue weighted by atomic mass is 9.93. The van der Waals surface area contributed by atoms with Crippen molar-refractivity contribution in [1.82, 2.24) is 0 Å². The topological polar surface area (TPSA) is 0 Å². The van der Waals surface area contributed by atoms with E-state index in [1.54, 1.807) is 12.1 Å². The molecule has 0 aliphatic carbocycles. The molecular formula is C17H13F13S. The van der Waals surface area contributed by atoms with Gasteiger partial charge in [0.05, 0.1) is 0 Å². The van der Waals surface area contributed by atoms with Crippen LogP contribution in [0.3, 0.4) is 0 Å². The molecule has 0 fully saturated rings. The van der Waals surface area contributed by atoms with Crippen molar-refractivity contribution < 1.29 is 57.1 Å². The van der Waals surface area contributed by atoms with Crippen molar-refractivity contribution in [1.29, 1.82) is 0 Å². The molecule has 0 amide bonds. The molecule has 1 rings (SSSR count). The van der Waals surface area contributed by atoms with Crippen LogP contribution in [0.2, 0.25) is 0 Å². The molecule has 0 heterocycles. The Bertz CT molecular complexity index is 750. The summed E-state index contributed by atoms with van der Waals surface area (Å²) >= 11 is 0.491. The van der Waals surface area contributed by atoms with Crippen LogP contribution in [0.15, 0.2) is 30.8 Å². The van der Waals surface area contributed by atoms with E-state index in [9.17, 15) is 57.1 Å². The minimum atomic E-state index is -7.86. The zero-order valence-corrected chi connectivity index (χ0v) is 15.9. The maximum atomic E-state index is 13.6. The summed E-state index contributed by atoms with van der Waals surface area (Å²) in [5, 5.41) is 0. The predicted molar refractivity (Wildman–Crippen MR) is 88.1 cm³/mol. The smallest absolute Gasteiger partial charge is 0.200 e. The van der Waals surface area contributed by atoms with Crippen LogP contribution in [-0.4, -0.2) is 41.5 Å². The highest BCUT2D eigenvalue weighted by Crippen LogP contribution is 2.60. The first kappa shape index (κ1) is 27.4. The van der Waals surface area contributed by atoms with Gasteiger partial charge in [-0.2, -0.15) is 68.8 Å². The van der Waals surface area contributed by atoms with E-state index in [1.807, 2.05) is 0 Å². The van der Waals surface area contributed by atoms with Gasteiger partial charge in [-0.3, -0.25) is 0 Å².